The normalized spacial score (nSPS) is 11.0. The van der Waals surface area contributed by atoms with E-state index in [-0.39, 0.29) is 4.90 Å². The summed E-state index contributed by atoms with van der Waals surface area (Å²) in [5.41, 5.74) is 5.05. The summed E-state index contributed by atoms with van der Waals surface area (Å²) in [7, 11) is -3.97. The van der Waals surface area contributed by atoms with Gasteiger partial charge in [-0.1, -0.05) is 35.4 Å². The molecule has 0 heterocycles. The molecular formula is C19H22ClN3O3S. The first kappa shape index (κ1) is 20.9. The van der Waals surface area contributed by atoms with Gasteiger partial charge in [0.15, 0.2) is 0 Å². The Morgan fingerprint density at radius 1 is 1.11 bits per heavy atom. The Morgan fingerprint density at radius 2 is 1.74 bits per heavy atom. The first-order valence-electron chi connectivity index (χ1n) is 8.26. The standard InChI is InChI=1S/C19H22ClN3O3S/c1-13(2)21-22-19(24)12-23(16-8-7-15(4)18(20)11-16)27(25,26)17-9-5-14(3)6-10-17/h5-11H,12H2,1-4H3,(H,22,24). The predicted octanol–water partition coefficient (Wildman–Crippen LogP) is 3.66. The molecule has 0 atom stereocenters. The van der Waals surface area contributed by atoms with Gasteiger partial charge < -0.3 is 0 Å². The minimum atomic E-state index is -3.97. The number of nitrogens with zero attached hydrogens (tertiary/aromatic N) is 2. The second kappa shape index (κ2) is 8.54. The van der Waals surface area contributed by atoms with Gasteiger partial charge in [-0.3, -0.25) is 9.10 Å². The van der Waals surface area contributed by atoms with Crippen molar-refractivity contribution in [2.75, 3.05) is 10.8 Å². The Hall–Kier alpha value is -2.38. The minimum absolute atomic E-state index is 0.0905. The fraction of sp³-hybridized carbons (Fsp3) is 0.263. The molecule has 1 amide bonds. The van der Waals surface area contributed by atoms with Crippen molar-refractivity contribution >= 4 is 38.9 Å². The molecule has 0 aliphatic carbocycles. The van der Waals surface area contributed by atoms with Crippen LogP contribution >= 0.6 is 11.6 Å². The third-order valence-corrected chi connectivity index (χ3v) is 5.94. The number of rotatable bonds is 6. The zero-order chi connectivity index (χ0) is 20.2. The van der Waals surface area contributed by atoms with Crippen molar-refractivity contribution in [2.45, 2.75) is 32.6 Å². The van der Waals surface area contributed by atoms with E-state index in [4.69, 9.17) is 11.6 Å². The van der Waals surface area contributed by atoms with Crippen molar-refractivity contribution in [1.29, 1.82) is 0 Å². The fourth-order valence-electron chi connectivity index (χ4n) is 2.23. The molecule has 0 spiro atoms. The van der Waals surface area contributed by atoms with Crippen molar-refractivity contribution in [2.24, 2.45) is 5.10 Å². The average Bonchev–Trinajstić information content (AvgIpc) is 2.60. The highest BCUT2D eigenvalue weighted by Gasteiger charge is 2.27. The highest BCUT2D eigenvalue weighted by atomic mass is 35.5. The van der Waals surface area contributed by atoms with E-state index in [0.29, 0.717) is 16.4 Å². The smallest absolute Gasteiger partial charge is 0.264 e. The molecule has 2 aromatic carbocycles. The number of aryl methyl sites for hydroxylation is 2. The van der Waals surface area contributed by atoms with Gasteiger partial charge in [0.05, 0.1) is 10.6 Å². The Balaban J connectivity index is 2.48. The van der Waals surface area contributed by atoms with Gasteiger partial charge in [0.25, 0.3) is 15.9 Å². The molecule has 8 heteroatoms. The lowest BCUT2D eigenvalue weighted by molar-refractivity contribution is -0.119. The van der Waals surface area contributed by atoms with Crippen LogP contribution in [0.2, 0.25) is 5.02 Å². The molecule has 144 valence electrons. The van der Waals surface area contributed by atoms with Gasteiger partial charge in [-0.15, -0.1) is 0 Å². The van der Waals surface area contributed by atoms with Crippen LogP contribution in [0.5, 0.6) is 0 Å². The Morgan fingerprint density at radius 3 is 2.30 bits per heavy atom. The lowest BCUT2D eigenvalue weighted by Crippen LogP contribution is -2.39. The second-order valence-electron chi connectivity index (χ2n) is 6.35. The van der Waals surface area contributed by atoms with Gasteiger partial charge in [0.1, 0.15) is 6.54 Å². The van der Waals surface area contributed by atoms with Gasteiger partial charge >= 0.3 is 0 Å². The van der Waals surface area contributed by atoms with E-state index < -0.39 is 22.5 Å². The molecule has 0 saturated carbocycles. The Labute approximate surface area is 164 Å². The zero-order valence-electron chi connectivity index (χ0n) is 15.7. The summed E-state index contributed by atoms with van der Waals surface area (Å²) in [6.07, 6.45) is 0. The number of anilines is 1. The summed E-state index contributed by atoms with van der Waals surface area (Å²) in [6, 6.07) is 11.3. The predicted molar refractivity (Wildman–Crippen MR) is 109 cm³/mol. The monoisotopic (exact) mass is 407 g/mol. The lowest BCUT2D eigenvalue weighted by Gasteiger charge is -2.24. The number of sulfonamides is 1. The molecule has 27 heavy (non-hydrogen) atoms. The number of carbonyl (C=O) groups is 1. The minimum Gasteiger partial charge on any atom is -0.271 e. The molecule has 0 radical (unpaired) electrons. The number of benzene rings is 2. The number of hydrogen-bond acceptors (Lipinski definition) is 4. The summed E-state index contributed by atoms with van der Waals surface area (Å²) in [6.45, 7) is 6.71. The first-order chi connectivity index (χ1) is 12.6. The van der Waals surface area contributed by atoms with Crippen LogP contribution in [-0.2, 0) is 14.8 Å². The van der Waals surface area contributed by atoms with E-state index in [1.807, 2.05) is 13.8 Å². The maximum absolute atomic E-state index is 13.2. The van der Waals surface area contributed by atoms with Crippen LogP contribution in [-0.4, -0.2) is 26.6 Å². The SMILES string of the molecule is CC(C)=NNC(=O)CN(c1ccc(C)c(Cl)c1)S(=O)(=O)c1ccc(C)cc1. The molecule has 0 aromatic heterocycles. The van der Waals surface area contributed by atoms with E-state index >= 15 is 0 Å². The van der Waals surface area contributed by atoms with E-state index in [0.717, 1.165) is 15.4 Å². The first-order valence-corrected chi connectivity index (χ1v) is 10.1. The van der Waals surface area contributed by atoms with Crippen LogP contribution < -0.4 is 9.73 Å². The van der Waals surface area contributed by atoms with Crippen LogP contribution in [0.3, 0.4) is 0 Å². The molecule has 0 aliphatic rings. The zero-order valence-corrected chi connectivity index (χ0v) is 17.2. The molecule has 2 rings (SSSR count). The number of hydrogen-bond donors (Lipinski definition) is 1. The van der Waals surface area contributed by atoms with Crippen molar-refractivity contribution in [1.82, 2.24) is 5.43 Å². The van der Waals surface area contributed by atoms with E-state index in [1.54, 1.807) is 38.1 Å². The third-order valence-electron chi connectivity index (χ3n) is 3.74. The number of hydrazone groups is 1. The highest BCUT2D eigenvalue weighted by molar-refractivity contribution is 7.92. The summed E-state index contributed by atoms with van der Waals surface area (Å²) < 4.78 is 27.4. The van der Waals surface area contributed by atoms with Crippen LogP contribution in [0.1, 0.15) is 25.0 Å². The summed E-state index contributed by atoms with van der Waals surface area (Å²) in [5, 5.41) is 4.26. The Bertz CT molecular complexity index is 966. The molecular weight excluding hydrogens is 386 g/mol. The van der Waals surface area contributed by atoms with Crippen LogP contribution in [0, 0.1) is 13.8 Å². The number of halogens is 1. The number of nitrogens with one attached hydrogen (secondary N) is 1. The van der Waals surface area contributed by atoms with Crippen molar-refractivity contribution in [3.8, 4) is 0 Å². The summed E-state index contributed by atoms with van der Waals surface area (Å²) >= 11 is 6.17. The average molecular weight is 408 g/mol. The summed E-state index contributed by atoms with van der Waals surface area (Å²) in [5.74, 6) is -0.552. The number of amides is 1. The van der Waals surface area contributed by atoms with E-state index in [1.165, 1.54) is 18.2 Å². The van der Waals surface area contributed by atoms with Crippen LogP contribution in [0.15, 0.2) is 52.5 Å². The van der Waals surface area contributed by atoms with E-state index in [9.17, 15) is 13.2 Å². The van der Waals surface area contributed by atoms with Crippen molar-refractivity contribution < 1.29 is 13.2 Å². The van der Waals surface area contributed by atoms with Gasteiger partial charge in [0.2, 0.25) is 0 Å². The topological polar surface area (TPSA) is 78.8 Å². The van der Waals surface area contributed by atoms with Gasteiger partial charge in [-0.2, -0.15) is 5.10 Å². The van der Waals surface area contributed by atoms with Crippen LogP contribution in [0.4, 0.5) is 5.69 Å². The molecule has 0 unspecified atom stereocenters. The maximum atomic E-state index is 13.2. The van der Waals surface area contributed by atoms with Crippen molar-refractivity contribution in [3.05, 3.63) is 58.6 Å². The molecule has 0 bridgehead atoms. The molecule has 0 fully saturated rings. The third kappa shape index (κ3) is 5.30. The van der Waals surface area contributed by atoms with Crippen molar-refractivity contribution in [3.63, 3.8) is 0 Å². The largest absolute Gasteiger partial charge is 0.271 e. The van der Waals surface area contributed by atoms with Gasteiger partial charge in [-0.05, 0) is 57.5 Å². The Kier molecular flexibility index (Phi) is 6.62. The van der Waals surface area contributed by atoms with Crippen LogP contribution in [0.25, 0.3) is 0 Å². The molecule has 6 nitrogen and oxygen atoms in total. The molecule has 0 saturated heterocycles. The molecule has 0 aliphatic heterocycles. The quantitative estimate of drug-likeness (QED) is 0.586. The second-order valence-corrected chi connectivity index (χ2v) is 8.62. The molecule has 1 N–H and O–H groups in total. The fourth-order valence-corrected chi connectivity index (χ4v) is 3.82. The molecule has 2 aromatic rings. The van der Waals surface area contributed by atoms with E-state index in [2.05, 4.69) is 10.5 Å². The lowest BCUT2D eigenvalue weighted by atomic mass is 10.2. The maximum Gasteiger partial charge on any atom is 0.264 e. The number of carbonyl (C=O) groups excluding carboxylic acids is 1. The van der Waals surface area contributed by atoms with Gasteiger partial charge in [0, 0.05) is 10.7 Å². The highest BCUT2D eigenvalue weighted by Crippen LogP contribution is 2.28. The summed E-state index contributed by atoms with van der Waals surface area (Å²) in [4.78, 5) is 12.3. The van der Waals surface area contributed by atoms with Gasteiger partial charge in [-0.25, -0.2) is 13.8 Å².